The molecule has 172 valence electrons. The third-order valence-corrected chi connectivity index (χ3v) is 4.92. The molecule has 0 bridgehead atoms. The van der Waals surface area contributed by atoms with Crippen molar-refractivity contribution in [1.29, 1.82) is 0 Å². The van der Waals surface area contributed by atoms with Gasteiger partial charge in [0.05, 0.1) is 38.8 Å². The molecule has 0 saturated heterocycles. The highest BCUT2D eigenvalue weighted by atomic mass is 16.5. The Morgan fingerprint density at radius 2 is 1.56 bits per heavy atom. The first-order valence-electron chi connectivity index (χ1n) is 10.5. The van der Waals surface area contributed by atoms with Crippen LogP contribution in [0.5, 0.6) is 0 Å². The van der Waals surface area contributed by atoms with E-state index in [0.717, 1.165) is 11.1 Å². The second kappa shape index (κ2) is 13.2. The molecule has 32 heavy (non-hydrogen) atoms. The van der Waals surface area contributed by atoms with Gasteiger partial charge in [-0.05, 0) is 17.5 Å². The number of esters is 1. The topological polar surface area (TPSA) is 120 Å². The van der Waals surface area contributed by atoms with Crippen LogP contribution in [0, 0.1) is 0 Å². The minimum Gasteiger partial charge on any atom is -0.469 e. The van der Waals surface area contributed by atoms with Crippen molar-refractivity contribution >= 4 is 17.8 Å². The van der Waals surface area contributed by atoms with Crippen LogP contribution < -0.4 is 16.4 Å². The zero-order valence-corrected chi connectivity index (χ0v) is 18.5. The molecule has 2 aromatic rings. The summed E-state index contributed by atoms with van der Waals surface area (Å²) in [5.41, 5.74) is 7.50. The Balaban J connectivity index is 2.12. The molecule has 8 heteroatoms. The van der Waals surface area contributed by atoms with Gasteiger partial charge in [0.25, 0.3) is 0 Å². The van der Waals surface area contributed by atoms with E-state index in [9.17, 15) is 14.4 Å². The van der Waals surface area contributed by atoms with Crippen LogP contribution in [0.4, 0.5) is 0 Å². The van der Waals surface area contributed by atoms with E-state index in [1.165, 1.54) is 7.11 Å². The van der Waals surface area contributed by atoms with Crippen molar-refractivity contribution in [2.75, 3.05) is 13.7 Å². The lowest BCUT2D eigenvalue weighted by Crippen LogP contribution is -2.54. The van der Waals surface area contributed by atoms with Crippen molar-refractivity contribution < 1.29 is 23.9 Å². The average molecular weight is 442 g/mol. The minimum absolute atomic E-state index is 0.0493. The number of methoxy groups -OCH3 is 1. The van der Waals surface area contributed by atoms with Crippen molar-refractivity contribution in [3.63, 3.8) is 0 Å². The van der Waals surface area contributed by atoms with Crippen LogP contribution in [0.1, 0.15) is 36.9 Å². The first-order valence-corrected chi connectivity index (χ1v) is 10.5. The fourth-order valence-electron chi connectivity index (χ4n) is 2.98. The predicted octanol–water partition coefficient (Wildman–Crippen LogP) is 1.85. The highest BCUT2D eigenvalue weighted by Crippen LogP contribution is 2.17. The molecule has 0 radical (unpaired) electrons. The molecule has 0 spiro atoms. The molecule has 8 nitrogen and oxygen atoms in total. The summed E-state index contributed by atoms with van der Waals surface area (Å²) in [5, 5.41) is 5.50. The van der Waals surface area contributed by atoms with Gasteiger partial charge in [0.15, 0.2) is 0 Å². The van der Waals surface area contributed by atoms with Crippen molar-refractivity contribution in [3.8, 4) is 0 Å². The van der Waals surface area contributed by atoms with Gasteiger partial charge < -0.3 is 25.8 Å². The van der Waals surface area contributed by atoms with Crippen LogP contribution in [0.3, 0.4) is 0 Å². The number of rotatable bonds is 12. The van der Waals surface area contributed by atoms with E-state index in [-0.39, 0.29) is 19.6 Å². The van der Waals surface area contributed by atoms with E-state index in [2.05, 4.69) is 10.6 Å². The molecule has 4 N–H and O–H groups in total. The van der Waals surface area contributed by atoms with Crippen LogP contribution in [0.25, 0.3) is 0 Å². The zero-order chi connectivity index (χ0) is 23.3. The molecular weight excluding hydrogens is 410 g/mol. The van der Waals surface area contributed by atoms with Gasteiger partial charge in [-0.15, -0.1) is 0 Å². The molecular formula is C24H31N3O5. The van der Waals surface area contributed by atoms with E-state index >= 15 is 0 Å². The molecule has 0 unspecified atom stereocenters. The third-order valence-electron chi connectivity index (χ3n) is 4.92. The number of amides is 2. The second-order valence-corrected chi connectivity index (χ2v) is 7.33. The summed E-state index contributed by atoms with van der Waals surface area (Å²) in [6.07, 6.45) is 0.381. The lowest BCUT2D eigenvalue weighted by atomic mass is 10.0. The van der Waals surface area contributed by atoms with Gasteiger partial charge in [-0.2, -0.15) is 0 Å². The van der Waals surface area contributed by atoms with Gasteiger partial charge in [0, 0.05) is 0 Å². The van der Waals surface area contributed by atoms with Crippen LogP contribution in [-0.2, 0) is 30.5 Å². The van der Waals surface area contributed by atoms with Crippen molar-refractivity contribution in [3.05, 3.63) is 71.8 Å². The van der Waals surface area contributed by atoms with E-state index in [0.29, 0.717) is 6.42 Å². The highest BCUT2D eigenvalue weighted by molar-refractivity contribution is 5.90. The van der Waals surface area contributed by atoms with Crippen molar-refractivity contribution in [2.45, 2.75) is 44.5 Å². The molecule has 2 rings (SSSR count). The van der Waals surface area contributed by atoms with E-state index in [1.807, 2.05) is 48.5 Å². The maximum atomic E-state index is 13.1. The highest BCUT2D eigenvalue weighted by Gasteiger charge is 2.27. The van der Waals surface area contributed by atoms with Crippen LogP contribution in [0.15, 0.2) is 60.7 Å². The number of benzene rings is 2. The van der Waals surface area contributed by atoms with E-state index < -0.39 is 35.9 Å². The second-order valence-electron chi connectivity index (χ2n) is 7.33. The zero-order valence-electron chi connectivity index (χ0n) is 18.5. The van der Waals surface area contributed by atoms with Crippen molar-refractivity contribution in [2.24, 2.45) is 5.73 Å². The van der Waals surface area contributed by atoms with Gasteiger partial charge in [-0.3, -0.25) is 14.4 Å². The number of carbonyl (C=O) groups excluding carboxylic acids is 3. The molecule has 0 aliphatic heterocycles. The van der Waals surface area contributed by atoms with Crippen LogP contribution in [-0.4, -0.2) is 43.6 Å². The Hall–Kier alpha value is -3.23. The normalized spacial score (nSPS) is 13.5. The predicted molar refractivity (Wildman–Crippen MR) is 120 cm³/mol. The molecule has 0 saturated carbocycles. The first-order chi connectivity index (χ1) is 15.4. The number of ether oxygens (including phenoxy) is 2. The lowest BCUT2D eigenvalue weighted by molar-refractivity contribution is -0.141. The van der Waals surface area contributed by atoms with Gasteiger partial charge in [-0.25, -0.2) is 0 Å². The fraction of sp³-hybridized carbons (Fsp3) is 0.375. The Morgan fingerprint density at radius 1 is 0.938 bits per heavy atom. The molecule has 3 atom stereocenters. The van der Waals surface area contributed by atoms with Gasteiger partial charge in [0.2, 0.25) is 11.8 Å². The number of hydrogen-bond donors (Lipinski definition) is 3. The summed E-state index contributed by atoms with van der Waals surface area (Å²) in [7, 11) is 1.29. The molecule has 0 fully saturated rings. The quantitative estimate of drug-likeness (QED) is 0.433. The van der Waals surface area contributed by atoms with Gasteiger partial charge in [-0.1, -0.05) is 67.6 Å². The number of carbonyl (C=O) groups is 3. The first kappa shape index (κ1) is 25.0. The molecule has 2 amide bonds. The Morgan fingerprint density at radius 3 is 2.16 bits per heavy atom. The van der Waals surface area contributed by atoms with E-state index in [4.69, 9.17) is 15.2 Å². The molecule has 0 aliphatic rings. The molecule has 0 aliphatic carbocycles. The summed E-state index contributed by atoms with van der Waals surface area (Å²) < 4.78 is 10.5. The van der Waals surface area contributed by atoms with Gasteiger partial charge >= 0.3 is 5.97 Å². The van der Waals surface area contributed by atoms with Crippen LogP contribution >= 0.6 is 0 Å². The largest absolute Gasteiger partial charge is 0.469 e. The molecule has 2 aromatic carbocycles. The smallest absolute Gasteiger partial charge is 0.307 e. The Kier molecular flexibility index (Phi) is 10.4. The number of nitrogens with one attached hydrogen (secondary N) is 2. The summed E-state index contributed by atoms with van der Waals surface area (Å²) in [6, 6.07) is 16.2. The van der Waals surface area contributed by atoms with E-state index in [1.54, 1.807) is 19.1 Å². The number of nitrogens with two attached hydrogens (primary N) is 1. The summed E-state index contributed by atoms with van der Waals surface area (Å²) in [6.45, 7) is 2.01. The number of hydrogen-bond acceptors (Lipinski definition) is 6. The fourth-order valence-corrected chi connectivity index (χ4v) is 2.98. The summed E-state index contributed by atoms with van der Waals surface area (Å²) >= 11 is 0. The Bertz CT molecular complexity index is 860. The Labute approximate surface area is 188 Å². The summed E-state index contributed by atoms with van der Waals surface area (Å²) in [4.78, 5) is 37.3. The summed E-state index contributed by atoms with van der Waals surface area (Å²) in [5.74, 6) is -1.39. The van der Waals surface area contributed by atoms with Gasteiger partial charge in [0.1, 0.15) is 6.04 Å². The van der Waals surface area contributed by atoms with Crippen LogP contribution in [0.2, 0.25) is 0 Å². The monoisotopic (exact) mass is 441 g/mol. The minimum atomic E-state index is -0.979. The lowest BCUT2D eigenvalue weighted by Gasteiger charge is -2.24. The maximum absolute atomic E-state index is 13.1. The van der Waals surface area contributed by atoms with Crippen molar-refractivity contribution in [1.82, 2.24) is 10.6 Å². The average Bonchev–Trinajstić information content (AvgIpc) is 2.83. The molecule has 0 aromatic heterocycles. The standard InChI is InChI=1S/C24H31N3O5/c1-3-19(25)23(29)27-21(16-32-15-17-10-6-4-7-11-17)24(30)26-20(14-22(28)31-2)18-12-8-5-9-13-18/h4-13,19-21H,3,14-16,25H2,1-2H3,(H,26,30)(H,27,29)/t19-,20+,21-/m0/s1. The molecule has 0 heterocycles. The maximum Gasteiger partial charge on any atom is 0.307 e. The SMILES string of the molecule is CC[C@H](N)C(=O)N[C@@H](COCc1ccccc1)C(=O)N[C@H](CC(=O)OC)c1ccccc1. The third kappa shape index (κ3) is 8.13.